The fourth-order valence-corrected chi connectivity index (χ4v) is 3.07. The minimum Gasteiger partial charge on any atom is -0.497 e. The maximum absolute atomic E-state index is 12.5. The maximum atomic E-state index is 12.5. The molecule has 0 fully saturated rings. The second kappa shape index (κ2) is 7.90. The van der Waals surface area contributed by atoms with E-state index in [4.69, 9.17) is 18.9 Å². The van der Waals surface area contributed by atoms with Crippen molar-refractivity contribution in [3.63, 3.8) is 0 Å². The SMILES string of the molecule is COC(=O)[C@@]1(NC(=O)OC(C)(C)C)C=C[C@H](c2cc(OC)ccc2OC)C1. The number of carbonyl (C=O) groups excluding carboxylic acids is 2. The lowest BCUT2D eigenvalue weighted by Gasteiger charge is -2.29. The predicted octanol–water partition coefficient (Wildman–Crippen LogP) is 3.18. The number of allylic oxidation sites excluding steroid dienone is 1. The second-order valence-electron chi connectivity index (χ2n) is 7.37. The zero-order valence-electron chi connectivity index (χ0n) is 16.6. The molecule has 0 aromatic heterocycles. The van der Waals surface area contributed by atoms with Crippen LogP contribution in [-0.2, 0) is 14.3 Å². The van der Waals surface area contributed by atoms with Crippen molar-refractivity contribution in [3.8, 4) is 11.5 Å². The molecule has 2 rings (SSSR count). The molecule has 1 aliphatic carbocycles. The second-order valence-corrected chi connectivity index (χ2v) is 7.37. The smallest absolute Gasteiger partial charge is 0.408 e. The number of alkyl carbamates (subject to hydrolysis) is 1. The van der Waals surface area contributed by atoms with Crippen LogP contribution in [-0.4, -0.2) is 44.5 Å². The molecule has 0 bridgehead atoms. The summed E-state index contributed by atoms with van der Waals surface area (Å²) in [6, 6.07) is 5.46. The minimum absolute atomic E-state index is 0.177. The van der Waals surface area contributed by atoms with E-state index in [9.17, 15) is 9.59 Å². The van der Waals surface area contributed by atoms with Crippen molar-refractivity contribution in [3.05, 3.63) is 35.9 Å². The van der Waals surface area contributed by atoms with Crippen LogP contribution in [0.25, 0.3) is 0 Å². The summed E-state index contributed by atoms with van der Waals surface area (Å²) < 4.78 is 21.0. The average molecular weight is 377 g/mol. The van der Waals surface area contributed by atoms with E-state index in [0.717, 1.165) is 5.56 Å². The lowest BCUT2D eigenvalue weighted by Crippen LogP contribution is -2.54. The first kappa shape index (κ1) is 20.6. The van der Waals surface area contributed by atoms with Crippen molar-refractivity contribution in [1.29, 1.82) is 0 Å². The Kier molecular flexibility index (Phi) is 6.03. The van der Waals surface area contributed by atoms with Gasteiger partial charge in [-0.05, 0) is 45.4 Å². The molecule has 0 radical (unpaired) electrons. The third-order valence-electron chi connectivity index (χ3n) is 4.26. The molecule has 7 nitrogen and oxygen atoms in total. The van der Waals surface area contributed by atoms with Gasteiger partial charge in [0.2, 0.25) is 0 Å². The molecule has 7 heteroatoms. The van der Waals surface area contributed by atoms with Crippen LogP contribution in [0.1, 0.15) is 38.7 Å². The third-order valence-corrected chi connectivity index (χ3v) is 4.26. The van der Waals surface area contributed by atoms with Crippen LogP contribution in [0.15, 0.2) is 30.4 Å². The van der Waals surface area contributed by atoms with Crippen molar-refractivity contribution in [2.75, 3.05) is 21.3 Å². The first-order valence-corrected chi connectivity index (χ1v) is 8.65. The van der Waals surface area contributed by atoms with Crippen molar-refractivity contribution < 1.29 is 28.5 Å². The van der Waals surface area contributed by atoms with Crippen LogP contribution in [0.3, 0.4) is 0 Å². The summed E-state index contributed by atoms with van der Waals surface area (Å²) in [4.78, 5) is 24.8. The van der Waals surface area contributed by atoms with Crippen molar-refractivity contribution in [2.24, 2.45) is 0 Å². The third kappa shape index (κ3) is 4.72. The molecular formula is C20H27NO6. The zero-order chi connectivity index (χ0) is 20.2. The van der Waals surface area contributed by atoms with Gasteiger partial charge in [0.25, 0.3) is 0 Å². The molecule has 1 aromatic rings. The fourth-order valence-electron chi connectivity index (χ4n) is 3.07. The Morgan fingerprint density at radius 1 is 1.15 bits per heavy atom. The quantitative estimate of drug-likeness (QED) is 0.627. The van der Waals surface area contributed by atoms with E-state index in [0.29, 0.717) is 11.5 Å². The molecular weight excluding hydrogens is 350 g/mol. The highest BCUT2D eigenvalue weighted by molar-refractivity contribution is 5.89. The first-order valence-electron chi connectivity index (χ1n) is 8.65. The summed E-state index contributed by atoms with van der Waals surface area (Å²) in [5.74, 6) is 0.608. The lowest BCUT2D eigenvalue weighted by atomic mass is 9.90. The van der Waals surface area contributed by atoms with Crippen molar-refractivity contribution >= 4 is 12.1 Å². The Morgan fingerprint density at radius 2 is 1.85 bits per heavy atom. The van der Waals surface area contributed by atoms with Crippen molar-refractivity contribution in [2.45, 2.75) is 44.2 Å². The number of carbonyl (C=O) groups is 2. The summed E-state index contributed by atoms with van der Waals surface area (Å²) in [5, 5.41) is 2.67. The van der Waals surface area contributed by atoms with E-state index >= 15 is 0 Å². The lowest BCUT2D eigenvalue weighted by molar-refractivity contribution is -0.146. The number of amides is 1. The average Bonchev–Trinajstić information content (AvgIpc) is 3.03. The molecule has 1 aliphatic rings. The number of methoxy groups -OCH3 is 3. The minimum atomic E-state index is -1.31. The van der Waals surface area contributed by atoms with Gasteiger partial charge in [-0.1, -0.05) is 12.2 Å². The Morgan fingerprint density at radius 3 is 2.41 bits per heavy atom. The number of nitrogens with one attached hydrogen (secondary N) is 1. The van der Waals surface area contributed by atoms with Gasteiger partial charge in [0.05, 0.1) is 21.3 Å². The molecule has 1 aromatic carbocycles. The maximum Gasteiger partial charge on any atom is 0.408 e. The Balaban J connectivity index is 2.31. The van der Waals surface area contributed by atoms with Crippen LogP contribution >= 0.6 is 0 Å². The van der Waals surface area contributed by atoms with Crippen LogP contribution in [0.2, 0.25) is 0 Å². The molecule has 0 saturated heterocycles. The van der Waals surface area contributed by atoms with E-state index in [1.807, 2.05) is 12.1 Å². The topological polar surface area (TPSA) is 83.1 Å². The van der Waals surface area contributed by atoms with Gasteiger partial charge in [0.1, 0.15) is 17.1 Å². The highest BCUT2D eigenvalue weighted by Crippen LogP contribution is 2.41. The number of benzene rings is 1. The fraction of sp³-hybridized carbons (Fsp3) is 0.500. The number of esters is 1. The van der Waals surface area contributed by atoms with E-state index in [1.165, 1.54) is 7.11 Å². The number of ether oxygens (including phenoxy) is 4. The van der Waals surface area contributed by atoms with Gasteiger partial charge in [0, 0.05) is 11.5 Å². The number of hydrogen-bond donors (Lipinski definition) is 1. The summed E-state index contributed by atoms with van der Waals surface area (Å²) in [5.41, 5.74) is -1.14. The molecule has 0 unspecified atom stereocenters. The van der Waals surface area contributed by atoms with E-state index in [-0.39, 0.29) is 12.3 Å². The molecule has 0 spiro atoms. The normalized spacial score (nSPS) is 21.5. The summed E-state index contributed by atoms with van der Waals surface area (Å²) in [6.45, 7) is 5.27. The standard InChI is InChI=1S/C20H27NO6/c1-19(2,3)27-18(23)21-20(17(22)26-6)10-9-13(12-20)15-11-14(24-4)7-8-16(15)25-5/h7-11,13H,12H2,1-6H3,(H,21,23)/t13-,20+/m0/s1. The molecule has 1 amide bonds. The van der Waals surface area contributed by atoms with E-state index in [2.05, 4.69) is 5.32 Å². The Bertz CT molecular complexity index is 736. The largest absolute Gasteiger partial charge is 0.497 e. The van der Waals surface area contributed by atoms with Gasteiger partial charge < -0.3 is 24.3 Å². The van der Waals surface area contributed by atoms with Crippen LogP contribution in [0.4, 0.5) is 4.79 Å². The molecule has 0 heterocycles. The Labute approximate surface area is 159 Å². The van der Waals surface area contributed by atoms with Crippen LogP contribution < -0.4 is 14.8 Å². The van der Waals surface area contributed by atoms with Gasteiger partial charge >= 0.3 is 12.1 Å². The monoisotopic (exact) mass is 377 g/mol. The van der Waals surface area contributed by atoms with Gasteiger partial charge in [-0.2, -0.15) is 0 Å². The van der Waals surface area contributed by atoms with Crippen LogP contribution in [0, 0.1) is 0 Å². The Hall–Kier alpha value is -2.70. The summed E-state index contributed by atoms with van der Waals surface area (Å²) in [7, 11) is 4.45. The van der Waals surface area contributed by atoms with Crippen LogP contribution in [0.5, 0.6) is 11.5 Å². The first-order chi connectivity index (χ1) is 12.6. The molecule has 148 valence electrons. The van der Waals surface area contributed by atoms with Gasteiger partial charge in [-0.15, -0.1) is 0 Å². The number of rotatable bonds is 5. The molecule has 1 N–H and O–H groups in total. The van der Waals surface area contributed by atoms with Gasteiger partial charge in [-0.25, -0.2) is 9.59 Å². The molecule has 0 aliphatic heterocycles. The van der Waals surface area contributed by atoms with E-state index in [1.54, 1.807) is 53.2 Å². The number of hydrogen-bond acceptors (Lipinski definition) is 6. The highest BCUT2D eigenvalue weighted by atomic mass is 16.6. The molecule has 27 heavy (non-hydrogen) atoms. The molecule has 0 saturated carbocycles. The van der Waals surface area contributed by atoms with Crippen molar-refractivity contribution in [1.82, 2.24) is 5.32 Å². The van der Waals surface area contributed by atoms with Gasteiger partial charge in [-0.3, -0.25) is 0 Å². The zero-order valence-corrected chi connectivity index (χ0v) is 16.6. The van der Waals surface area contributed by atoms with Gasteiger partial charge in [0.15, 0.2) is 5.54 Å². The molecule has 2 atom stereocenters. The predicted molar refractivity (Wildman–Crippen MR) is 100 cm³/mol. The summed E-state index contributed by atoms with van der Waals surface area (Å²) in [6.07, 6.45) is 3.09. The summed E-state index contributed by atoms with van der Waals surface area (Å²) >= 11 is 0. The van der Waals surface area contributed by atoms with E-state index < -0.39 is 23.2 Å². The highest BCUT2D eigenvalue weighted by Gasteiger charge is 2.45.